The molecule has 0 saturated carbocycles. The fourth-order valence-electron chi connectivity index (χ4n) is 4.06. The van der Waals surface area contributed by atoms with Gasteiger partial charge in [0, 0.05) is 42.7 Å². The van der Waals surface area contributed by atoms with Crippen molar-refractivity contribution >= 4 is 35.8 Å². The summed E-state index contributed by atoms with van der Waals surface area (Å²) in [5.41, 5.74) is 0.571. The van der Waals surface area contributed by atoms with E-state index in [4.69, 9.17) is 11.6 Å². The number of nitrogens with one attached hydrogen (secondary N) is 1. The van der Waals surface area contributed by atoms with E-state index in [-0.39, 0.29) is 30.3 Å². The molecule has 150 valence electrons. The second-order valence-electron chi connectivity index (χ2n) is 8.00. The van der Waals surface area contributed by atoms with Gasteiger partial charge >= 0.3 is 0 Å². The Bertz CT molecular complexity index is 681. The highest BCUT2D eigenvalue weighted by Gasteiger charge is 2.37. The lowest BCUT2D eigenvalue weighted by molar-refractivity contribution is -0.146. The van der Waals surface area contributed by atoms with Gasteiger partial charge in [0.2, 0.25) is 11.8 Å². The molecule has 0 bridgehead atoms. The van der Waals surface area contributed by atoms with Gasteiger partial charge in [-0.2, -0.15) is 0 Å². The van der Waals surface area contributed by atoms with E-state index in [0.717, 1.165) is 38.0 Å². The van der Waals surface area contributed by atoms with Gasteiger partial charge in [-0.25, -0.2) is 0 Å². The quantitative estimate of drug-likeness (QED) is 0.825. The molecule has 2 amide bonds. The lowest BCUT2D eigenvalue weighted by Gasteiger charge is -2.43. The normalized spacial score (nSPS) is 21.0. The summed E-state index contributed by atoms with van der Waals surface area (Å²) in [5.74, 6) is 0.304. The second-order valence-corrected chi connectivity index (χ2v) is 8.44. The third-order valence-electron chi connectivity index (χ3n) is 5.36. The summed E-state index contributed by atoms with van der Waals surface area (Å²) >= 11 is 6.08. The van der Waals surface area contributed by atoms with Crippen molar-refractivity contribution in [1.29, 1.82) is 0 Å². The second kappa shape index (κ2) is 9.26. The molecule has 1 aromatic rings. The number of rotatable bonds is 4. The maximum absolute atomic E-state index is 13.2. The number of hydrogen-bond acceptors (Lipinski definition) is 3. The van der Waals surface area contributed by atoms with Crippen molar-refractivity contribution < 1.29 is 9.59 Å². The van der Waals surface area contributed by atoms with Gasteiger partial charge in [-0.15, -0.1) is 12.4 Å². The molecule has 3 rings (SSSR count). The molecule has 0 spiro atoms. The highest BCUT2D eigenvalue weighted by molar-refractivity contribution is 6.30. The first-order valence-corrected chi connectivity index (χ1v) is 9.78. The first-order valence-electron chi connectivity index (χ1n) is 9.41. The number of carbonyl (C=O) groups is 2. The van der Waals surface area contributed by atoms with Gasteiger partial charge in [0.25, 0.3) is 0 Å². The lowest BCUT2D eigenvalue weighted by Crippen LogP contribution is -2.58. The number of nitrogens with zero attached hydrogens (tertiary/aromatic N) is 2. The van der Waals surface area contributed by atoms with Crippen molar-refractivity contribution in [2.45, 2.75) is 39.2 Å². The summed E-state index contributed by atoms with van der Waals surface area (Å²) in [7, 11) is 0. The first-order chi connectivity index (χ1) is 12.4. The van der Waals surface area contributed by atoms with Crippen LogP contribution in [0.25, 0.3) is 0 Å². The molecule has 5 nitrogen and oxygen atoms in total. The Balaban J connectivity index is 0.00000261. The number of halogens is 2. The van der Waals surface area contributed by atoms with E-state index in [1.165, 1.54) is 0 Å². The molecule has 0 radical (unpaired) electrons. The summed E-state index contributed by atoms with van der Waals surface area (Å²) in [4.78, 5) is 29.3. The van der Waals surface area contributed by atoms with Crippen LogP contribution in [-0.4, -0.2) is 60.4 Å². The van der Waals surface area contributed by atoms with Gasteiger partial charge in [0.05, 0.1) is 6.54 Å². The molecule has 2 heterocycles. The number of benzene rings is 1. The number of carbonyl (C=O) groups excluding carboxylic acids is 2. The predicted octanol–water partition coefficient (Wildman–Crippen LogP) is 2.75. The van der Waals surface area contributed by atoms with Gasteiger partial charge in [0.15, 0.2) is 0 Å². The van der Waals surface area contributed by atoms with Gasteiger partial charge in [-0.05, 0) is 37.0 Å². The molecule has 1 aromatic carbocycles. The average Bonchev–Trinajstić information content (AvgIpc) is 2.61. The van der Waals surface area contributed by atoms with Crippen molar-refractivity contribution in [3.63, 3.8) is 0 Å². The maximum Gasteiger partial charge on any atom is 0.236 e. The maximum atomic E-state index is 13.2. The largest absolute Gasteiger partial charge is 0.340 e. The van der Waals surface area contributed by atoms with E-state index < -0.39 is 5.41 Å². The Morgan fingerprint density at radius 1 is 1.33 bits per heavy atom. The molecule has 7 heteroatoms. The summed E-state index contributed by atoms with van der Waals surface area (Å²) in [6, 6.07) is 7.85. The Kier molecular flexibility index (Phi) is 7.55. The number of piperazine rings is 1. The summed E-state index contributed by atoms with van der Waals surface area (Å²) in [6.07, 6.45) is 2.57. The number of hydrogen-bond donors (Lipinski definition) is 1. The zero-order chi connectivity index (χ0) is 18.7. The van der Waals surface area contributed by atoms with Crippen LogP contribution >= 0.6 is 24.0 Å². The van der Waals surface area contributed by atoms with E-state index in [1.807, 2.05) is 47.9 Å². The lowest BCUT2D eigenvalue weighted by atomic mass is 9.83. The zero-order valence-electron chi connectivity index (χ0n) is 16.0. The summed E-state index contributed by atoms with van der Waals surface area (Å²) in [6.45, 7) is 7.38. The molecular weight excluding hydrogens is 385 g/mol. The van der Waals surface area contributed by atoms with Gasteiger partial charge in [0.1, 0.15) is 0 Å². The average molecular weight is 414 g/mol. The van der Waals surface area contributed by atoms with Gasteiger partial charge in [-0.1, -0.05) is 37.6 Å². The fourth-order valence-corrected chi connectivity index (χ4v) is 4.27. The van der Waals surface area contributed by atoms with Crippen LogP contribution in [-0.2, 0) is 16.0 Å². The highest BCUT2D eigenvalue weighted by Crippen LogP contribution is 2.28. The van der Waals surface area contributed by atoms with Crippen LogP contribution in [0.4, 0.5) is 0 Å². The third kappa shape index (κ3) is 5.37. The number of amides is 2. The molecule has 27 heavy (non-hydrogen) atoms. The van der Waals surface area contributed by atoms with E-state index in [1.54, 1.807) is 0 Å². The van der Waals surface area contributed by atoms with Crippen LogP contribution in [0.15, 0.2) is 24.3 Å². The SMILES string of the molecule is CC(C)(Cc1cccc(Cl)c1)C(=O)N1CCCC(N2CCNCC2=O)C1.Cl. The van der Waals surface area contributed by atoms with Gasteiger partial charge in [-0.3, -0.25) is 9.59 Å². The van der Waals surface area contributed by atoms with Crippen LogP contribution in [0.3, 0.4) is 0 Å². The van der Waals surface area contributed by atoms with Crippen LogP contribution in [0.2, 0.25) is 5.02 Å². The van der Waals surface area contributed by atoms with Crippen molar-refractivity contribution in [2.75, 3.05) is 32.7 Å². The minimum Gasteiger partial charge on any atom is -0.340 e. The molecule has 2 aliphatic heterocycles. The molecule has 2 fully saturated rings. The van der Waals surface area contributed by atoms with E-state index in [0.29, 0.717) is 24.5 Å². The Morgan fingerprint density at radius 2 is 2.11 bits per heavy atom. The Morgan fingerprint density at radius 3 is 2.81 bits per heavy atom. The van der Waals surface area contributed by atoms with Crippen molar-refractivity contribution in [2.24, 2.45) is 5.41 Å². The van der Waals surface area contributed by atoms with E-state index >= 15 is 0 Å². The molecular formula is C20H29Cl2N3O2. The van der Waals surface area contributed by atoms with Crippen molar-refractivity contribution in [3.8, 4) is 0 Å². The number of piperidine rings is 1. The monoisotopic (exact) mass is 413 g/mol. The van der Waals surface area contributed by atoms with Crippen LogP contribution in [0, 0.1) is 5.41 Å². The molecule has 1 unspecified atom stereocenters. The predicted molar refractivity (Wildman–Crippen MR) is 110 cm³/mol. The minimum absolute atomic E-state index is 0. The zero-order valence-corrected chi connectivity index (χ0v) is 17.6. The molecule has 0 aromatic heterocycles. The standard InChI is InChI=1S/C20H28ClN3O2.ClH/c1-20(2,12-15-5-3-6-16(21)11-15)19(26)23-9-4-7-17(14-23)24-10-8-22-13-18(24)25;/h3,5-6,11,17,22H,4,7-10,12-14H2,1-2H3;1H. The minimum atomic E-state index is -0.500. The molecule has 0 aliphatic carbocycles. The third-order valence-corrected chi connectivity index (χ3v) is 5.60. The molecule has 2 saturated heterocycles. The Labute approximate surface area is 172 Å². The smallest absolute Gasteiger partial charge is 0.236 e. The van der Waals surface area contributed by atoms with Crippen LogP contribution in [0.1, 0.15) is 32.3 Å². The van der Waals surface area contributed by atoms with E-state index in [9.17, 15) is 9.59 Å². The summed E-state index contributed by atoms with van der Waals surface area (Å²) < 4.78 is 0. The Hall–Kier alpha value is -1.30. The van der Waals surface area contributed by atoms with Crippen LogP contribution < -0.4 is 5.32 Å². The highest BCUT2D eigenvalue weighted by atomic mass is 35.5. The summed E-state index contributed by atoms with van der Waals surface area (Å²) in [5, 5.41) is 3.81. The number of likely N-dealkylation sites (tertiary alicyclic amines) is 1. The van der Waals surface area contributed by atoms with E-state index in [2.05, 4.69) is 5.32 Å². The molecule has 2 aliphatic rings. The topological polar surface area (TPSA) is 52.7 Å². The van der Waals surface area contributed by atoms with Crippen molar-refractivity contribution in [3.05, 3.63) is 34.9 Å². The molecule has 1 atom stereocenters. The van der Waals surface area contributed by atoms with Crippen molar-refractivity contribution in [1.82, 2.24) is 15.1 Å². The van der Waals surface area contributed by atoms with Gasteiger partial charge < -0.3 is 15.1 Å². The fraction of sp³-hybridized carbons (Fsp3) is 0.600. The van der Waals surface area contributed by atoms with Crippen LogP contribution in [0.5, 0.6) is 0 Å². The first kappa shape index (κ1) is 22.0. The molecule has 1 N–H and O–H groups in total.